The molecule has 88 valence electrons. The Hall–Kier alpha value is -0.940. The van der Waals surface area contributed by atoms with Gasteiger partial charge in [0.25, 0.3) is 0 Å². The van der Waals surface area contributed by atoms with Crippen LogP contribution in [0.5, 0.6) is 11.5 Å². The van der Waals surface area contributed by atoms with Crippen LogP contribution >= 0.6 is 24.8 Å². The quantitative estimate of drug-likeness (QED) is 0.624. The summed E-state index contributed by atoms with van der Waals surface area (Å²) < 4.78 is 10.9. The van der Waals surface area contributed by atoms with E-state index >= 15 is 0 Å². The molecular formula is C11H15NO2S2. The molecule has 0 aliphatic rings. The van der Waals surface area contributed by atoms with Gasteiger partial charge in [-0.1, -0.05) is 18.3 Å². The maximum absolute atomic E-state index is 5.22. The molecule has 0 radical (unpaired) electrons. The van der Waals surface area contributed by atoms with Crippen molar-refractivity contribution in [1.29, 1.82) is 0 Å². The molecule has 0 bridgehead atoms. The minimum Gasteiger partial charge on any atom is -0.493 e. The summed E-state index contributed by atoms with van der Waals surface area (Å²) in [6.45, 7) is 0.762. The molecule has 0 unspecified atom stereocenters. The van der Waals surface area contributed by atoms with Gasteiger partial charge in [-0.15, -0.1) is 12.6 Å². The fourth-order valence-electron chi connectivity index (χ4n) is 1.35. The van der Waals surface area contributed by atoms with Gasteiger partial charge in [-0.3, -0.25) is 0 Å². The second-order valence-electron chi connectivity index (χ2n) is 3.17. The molecule has 3 nitrogen and oxygen atoms in total. The zero-order chi connectivity index (χ0) is 12.0. The van der Waals surface area contributed by atoms with Gasteiger partial charge in [0.2, 0.25) is 0 Å². The van der Waals surface area contributed by atoms with E-state index in [1.54, 1.807) is 14.2 Å². The van der Waals surface area contributed by atoms with Crippen LogP contribution in [0, 0.1) is 0 Å². The number of hydrogen-bond donors (Lipinski definition) is 2. The van der Waals surface area contributed by atoms with E-state index < -0.39 is 0 Å². The van der Waals surface area contributed by atoms with Crippen molar-refractivity contribution in [3.05, 3.63) is 23.8 Å². The molecule has 1 aromatic carbocycles. The number of nitrogens with one attached hydrogen (secondary N) is 1. The van der Waals surface area contributed by atoms with E-state index in [9.17, 15) is 0 Å². The van der Waals surface area contributed by atoms with Crippen LogP contribution in [0.3, 0.4) is 0 Å². The second kappa shape index (κ2) is 6.60. The third-order valence-electron chi connectivity index (χ3n) is 2.14. The fourth-order valence-corrected chi connectivity index (χ4v) is 1.56. The zero-order valence-corrected chi connectivity index (χ0v) is 11.0. The lowest BCUT2D eigenvalue weighted by atomic mass is 10.1. The molecule has 16 heavy (non-hydrogen) atoms. The maximum Gasteiger partial charge on any atom is 0.160 e. The highest BCUT2D eigenvalue weighted by Crippen LogP contribution is 2.27. The Bertz CT molecular complexity index is 369. The lowest BCUT2D eigenvalue weighted by molar-refractivity contribution is 0.354. The Morgan fingerprint density at radius 3 is 2.56 bits per heavy atom. The predicted molar refractivity (Wildman–Crippen MR) is 72.8 cm³/mol. The average Bonchev–Trinajstić information content (AvgIpc) is 2.28. The number of ether oxygens (including phenoxy) is 2. The molecule has 0 fully saturated rings. The Kier molecular flexibility index (Phi) is 5.42. The van der Waals surface area contributed by atoms with E-state index in [2.05, 4.69) is 17.9 Å². The molecule has 0 atom stereocenters. The molecule has 0 amide bonds. The van der Waals surface area contributed by atoms with Crippen molar-refractivity contribution in [2.24, 2.45) is 0 Å². The first-order valence-electron chi connectivity index (χ1n) is 4.85. The van der Waals surface area contributed by atoms with Crippen LogP contribution in [-0.2, 0) is 6.42 Å². The SMILES string of the molecule is COc1ccc(CCNC(=S)S)cc1OC. The van der Waals surface area contributed by atoms with Crippen LogP contribution in [0.1, 0.15) is 5.56 Å². The van der Waals surface area contributed by atoms with Crippen LogP contribution in [-0.4, -0.2) is 25.1 Å². The first kappa shape index (κ1) is 13.1. The molecule has 0 saturated carbocycles. The van der Waals surface area contributed by atoms with Gasteiger partial charge < -0.3 is 14.8 Å². The molecule has 0 spiro atoms. The highest BCUT2D eigenvalue weighted by atomic mass is 32.1. The third kappa shape index (κ3) is 3.90. The van der Waals surface area contributed by atoms with Crippen LogP contribution < -0.4 is 14.8 Å². The van der Waals surface area contributed by atoms with Gasteiger partial charge in [0, 0.05) is 6.54 Å². The predicted octanol–water partition coefficient (Wildman–Crippen LogP) is 2.05. The minimum absolute atomic E-state index is 0.514. The van der Waals surface area contributed by atoms with E-state index in [-0.39, 0.29) is 0 Å². The van der Waals surface area contributed by atoms with Crippen LogP contribution in [0.4, 0.5) is 0 Å². The van der Waals surface area contributed by atoms with Crippen molar-refractivity contribution < 1.29 is 9.47 Å². The molecule has 5 heteroatoms. The van der Waals surface area contributed by atoms with Crippen LogP contribution in [0.2, 0.25) is 0 Å². The summed E-state index contributed by atoms with van der Waals surface area (Å²) in [5.74, 6) is 1.48. The molecular weight excluding hydrogens is 242 g/mol. The van der Waals surface area contributed by atoms with Gasteiger partial charge in [0.1, 0.15) is 4.32 Å². The third-order valence-corrected chi connectivity index (χ3v) is 2.44. The van der Waals surface area contributed by atoms with E-state index in [1.165, 1.54) is 0 Å². The molecule has 1 rings (SSSR count). The van der Waals surface area contributed by atoms with E-state index in [0.717, 1.165) is 30.0 Å². The van der Waals surface area contributed by atoms with Gasteiger partial charge >= 0.3 is 0 Å². The molecule has 0 heterocycles. The standard InChI is InChI=1S/C11H15NO2S2/c1-13-9-4-3-8(7-10(9)14-2)5-6-12-11(15)16/h3-4,7H,5-6H2,1-2H3,(H2,12,15,16). The summed E-state index contributed by atoms with van der Waals surface area (Å²) in [5.41, 5.74) is 1.16. The van der Waals surface area contributed by atoms with Gasteiger partial charge in [-0.05, 0) is 24.1 Å². The van der Waals surface area contributed by atoms with Crippen molar-refractivity contribution in [2.75, 3.05) is 20.8 Å². The van der Waals surface area contributed by atoms with Gasteiger partial charge in [-0.25, -0.2) is 0 Å². The monoisotopic (exact) mass is 257 g/mol. The first-order valence-corrected chi connectivity index (χ1v) is 5.70. The van der Waals surface area contributed by atoms with Crippen LogP contribution in [0.15, 0.2) is 18.2 Å². The summed E-state index contributed by atoms with van der Waals surface area (Å²) in [6.07, 6.45) is 0.862. The zero-order valence-electron chi connectivity index (χ0n) is 9.32. The molecule has 0 saturated heterocycles. The van der Waals surface area contributed by atoms with Crippen molar-refractivity contribution in [1.82, 2.24) is 5.32 Å². The molecule has 0 aliphatic carbocycles. The maximum atomic E-state index is 5.22. The normalized spacial score (nSPS) is 9.69. The molecule has 0 aromatic heterocycles. The van der Waals surface area contributed by atoms with Gasteiger partial charge in [0.05, 0.1) is 14.2 Å². The molecule has 1 N–H and O–H groups in total. The molecule has 0 aliphatic heterocycles. The minimum atomic E-state index is 0.514. The first-order chi connectivity index (χ1) is 7.67. The number of hydrogen-bond acceptors (Lipinski definition) is 3. The van der Waals surface area contributed by atoms with Crippen LogP contribution in [0.25, 0.3) is 0 Å². The number of thiocarbonyl (C=S) groups is 1. The Labute approximate surface area is 107 Å². The van der Waals surface area contributed by atoms with E-state index in [4.69, 9.17) is 21.7 Å². The van der Waals surface area contributed by atoms with Crippen molar-refractivity contribution >= 4 is 29.2 Å². The Balaban J connectivity index is 2.64. The number of methoxy groups -OCH3 is 2. The highest BCUT2D eigenvalue weighted by molar-refractivity contribution is 8.11. The van der Waals surface area contributed by atoms with Gasteiger partial charge in [-0.2, -0.15) is 0 Å². The lowest BCUT2D eigenvalue weighted by Crippen LogP contribution is -2.19. The van der Waals surface area contributed by atoms with Gasteiger partial charge in [0.15, 0.2) is 11.5 Å². The number of benzene rings is 1. The smallest absolute Gasteiger partial charge is 0.160 e. The fraction of sp³-hybridized carbons (Fsp3) is 0.364. The summed E-state index contributed by atoms with van der Waals surface area (Å²) in [6, 6.07) is 5.86. The second-order valence-corrected chi connectivity index (χ2v) is 4.33. The molecule has 1 aromatic rings. The summed E-state index contributed by atoms with van der Waals surface area (Å²) in [4.78, 5) is 0. The summed E-state index contributed by atoms with van der Waals surface area (Å²) >= 11 is 8.80. The summed E-state index contributed by atoms with van der Waals surface area (Å²) in [5, 5.41) is 2.98. The largest absolute Gasteiger partial charge is 0.493 e. The van der Waals surface area contributed by atoms with E-state index in [0.29, 0.717) is 4.32 Å². The topological polar surface area (TPSA) is 30.5 Å². The Morgan fingerprint density at radius 1 is 1.31 bits per heavy atom. The average molecular weight is 257 g/mol. The lowest BCUT2D eigenvalue weighted by Gasteiger charge is -2.09. The number of thiol groups is 1. The van der Waals surface area contributed by atoms with Crippen molar-refractivity contribution in [3.63, 3.8) is 0 Å². The highest BCUT2D eigenvalue weighted by Gasteiger charge is 2.04. The Morgan fingerprint density at radius 2 is 2.00 bits per heavy atom. The van der Waals surface area contributed by atoms with E-state index in [1.807, 2.05) is 18.2 Å². The van der Waals surface area contributed by atoms with Crippen molar-refractivity contribution in [3.8, 4) is 11.5 Å². The van der Waals surface area contributed by atoms with Crippen molar-refractivity contribution in [2.45, 2.75) is 6.42 Å². The summed E-state index contributed by atoms with van der Waals surface area (Å²) in [7, 11) is 3.25. The number of rotatable bonds is 5.